The number of carbonyl (C=O) groups is 1. The third kappa shape index (κ3) is 3.85. The number of ether oxygens (including phenoxy) is 1. The molecule has 2 aliphatic rings. The molecule has 1 saturated carbocycles. The summed E-state index contributed by atoms with van der Waals surface area (Å²) in [5.41, 5.74) is -0.436. The number of nitrogens with one attached hydrogen (secondary N) is 3. The lowest BCUT2D eigenvalue weighted by Crippen LogP contribution is -2.45. The summed E-state index contributed by atoms with van der Waals surface area (Å²) in [6, 6.07) is 1.15. The molecule has 5 nitrogen and oxygen atoms in total. The van der Waals surface area contributed by atoms with E-state index in [9.17, 15) is 4.79 Å². The fourth-order valence-corrected chi connectivity index (χ4v) is 2.71. The van der Waals surface area contributed by atoms with Gasteiger partial charge < -0.3 is 10.1 Å². The van der Waals surface area contributed by atoms with Crippen molar-refractivity contribution >= 4 is 6.09 Å². The first-order chi connectivity index (χ1) is 8.44. The Morgan fingerprint density at radius 1 is 1.22 bits per heavy atom. The predicted octanol–water partition coefficient (Wildman–Crippen LogP) is 1.34. The van der Waals surface area contributed by atoms with Crippen LogP contribution in [0.15, 0.2) is 0 Å². The summed E-state index contributed by atoms with van der Waals surface area (Å²) in [5, 5.41) is 9.86. The molecule has 2 atom stereocenters. The highest BCUT2D eigenvalue weighted by Gasteiger charge is 2.34. The zero-order chi connectivity index (χ0) is 13.2. The van der Waals surface area contributed by atoms with Crippen LogP contribution in [0.2, 0.25) is 0 Å². The predicted molar refractivity (Wildman–Crippen MR) is 70.3 cm³/mol. The number of fused-ring (bicyclic) bond motifs is 1. The Morgan fingerprint density at radius 3 is 2.28 bits per heavy atom. The van der Waals surface area contributed by atoms with E-state index >= 15 is 0 Å². The molecule has 0 aromatic heterocycles. The summed E-state index contributed by atoms with van der Waals surface area (Å²) in [4.78, 5) is 11.5. The van der Waals surface area contributed by atoms with E-state index in [0.29, 0.717) is 18.6 Å². The molecule has 1 heterocycles. The Morgan fingerprint density at radius 2 is 1.78 bits per heavy atom. The highest BCUT2D eigenvalue weighted by atomic mass is 16.6. The summed E-state index contributed by atoms with van der Waals surface area (Å²) in [5.74, 6) is 0. The van der Waals surface area contributed by atoms with Crippen molar-refractivity contribution in [2.24, 2.45) is 0 Å². The zero-order valence-electron chi connectivity index (χ0n) is 11.6. The summed E-state index contributed by atoms with van der Waals surface area (Å²) >= 11 is 0. The molecule has 0 bridgehead atoms. The van der Waals surface area contributed by atoms with Crippen molar-refractivity contribution in [3.05, 3.63) is 0 Å². The van der Waals surface area contributed by atoms with Crippen LogP contribution in [0.3, 0.4) is 0 Å². The minimum absolute atomic E-state index is 0.172. The van der Waals surface area contributed by atoms with E-state index in [0.717, 1.165) is 0 Å². The molecule has 3 N–H and O–H groups in total. The molecule has 1 saturated heterocycles. The summed E-state index contributed by atoms with van der Waals surface area (Å²) in [6.07, 6.45) is 4.91. The van der Waals surface area contributed by atoms with Crippen molar-refractivity contribution in [3.8, 4) is 0 Å². The lowest BCUT2D eigenvalue weighted by atomic mass is 9.92. The lowest BCUT2D eigenvalue weighted by molar-refractivity contribution is 0.0522. The first kappa shape index (κ1) is 13.6. The van der Waals surface area contributed by atoms with Gasteiger partial charge in [0.2, 0.25) is 0 Å². The third-order valence-corrected chi connectivity index (χ3v) is 3.45. The molecule has 1 aliphatic carbocycles. The van der Waals surface area contributed by atoms with Crippen LogP contribution in [0, 0.1) is 0 Å². The van der Waals surface area contributed by atoms with Gasteiger partial charge in [0.15, 0.2) is 0 Å². The molecule has 0 aromatic carbocycles. The van der Waals surface area contributed by atoms with Gasteiger partial charge in [0.25, 0.3) is 0 Å². The van der Waals surface area contributed by atoms with Crippen LogP contribution in [0.5, 0.6) is 0 Å². The van der Waals surface area contributed by atoms with E-state index in [1.54, 1.807) is 0 Å². The number of amides is 1. The van der Waals surface area contributed by atoms with Crippen molar-refractivity contribution in [1.29, 1.82) is 0 Å². The molecule has 18 heavy (non-hydrogen) atoms. The molecule has 2 rings (SSSR count). The fraction of sp³-hybridized carbons (Fsp3) is 0.923. The Labute approximate surface area is 109 Å². The standard InChI is InChI=1S/C13H25N3O2/c1-13(2,3)18-12(17)14-8-11-15-9-6-4-5-7-10(9)16-11/h9-11,15-16H,4-8H2,1-3H3,(H,14,17). The van der Waals surface area contributed by atoms with E-state index in [-0.39, 0.29) is 12.3 Å². The number of hydrogen-bond acceptors (Lipinski definition) is 4. The molecule has 0 aromatic rings. The summed E-state index contributed by atoms with van der Waals surface area (Å²) in [7, 11) is 0. The molecular formula is C13H25N3O2. The first-order valence-corrected chi connectivity index (χ1v) is 6.93. The molecule has 104 valence electrons. The van der Waals surface area contributed by atoms with Gasteiger partial charge in [-0.25, -0.2) is 4.79 Å². The SMILES string of the molecule is CC(C)(C)OC(=O)NCC1NC2CCCCC2N1. The smallest absolute Gasteiger partial charge is 0.407 e. The molecular weight excluding hydrogens is 230 g/mol. The largest absolute Gasteiger partial charge is 0.444 e. The maximum atomic E-state index is 11.5. The highest BCUT2D eigenvalue weighted by molar-refractivity contribution is 5.67. The van der Waals surface area contributed by atoms with Crippen LogP contribution < -0.4 is 16.0 Å². The van der Waals surface area contributed by atoms with Crippen molar-refractivity contribution in [1.82, 2.24) is 16.0 Å². The Hall–Kier alpha value is -0.810. The number of carbonyl (C=O) groups excluding carboxylic acids is 1. The maximum Gasteiger partial charge on any atom is 0.407 e. The second kappa shape index (κ2) is 5.45. The van der Waals surface area contributed by atoms with Crippen LogP contribution in [0.1, 0.15) is 46.5 Å². The van der Waals surface area contributed by atoms with Crippen molar-refractivity contribution in [2.45, 2.75) is 70.3 Å². The van der Waals surface area contributed by atoms with E-state index in [4.69, 9.17) is 4.74 Å². The van der Waals surface area contributed by atoms with Gasteiger partial charge >= 0.3 is 6.09 Å². The zero-order valence-corrected chi connectivity index (χ0v) is 11.6. The van der Waals surface area contributed by atoms with Crippen molar-refractivity contribution in [2.75, 3.05) is 6.54 Å². The van der Waals surface area contributed by atoms with E-state index in [2.05, 4.69) is 16.0 Å². The number of hydrogen-bond donors (Lipinski definition) is 3. The van der Waals surface area contributed by atoms with Gasteiger partial charge in [0.05, 0.1) is 6.17 Å². The van der Waals surface area contributed by atoms with Crippen LogP contribution in [-0.4, -0.2) is 36.5 Å². The van der Waals surface area contributed by atoms with E-state index < -0.39 is 5.60 Å². The third-order valence-electron chi connectivity index (χ3n) is 3.45. The highest BCUT2D eigenvalue weighted by Crippen LogP contribution is 2.22. The normalized spacial score (nSPS) is 31.8. The first-order valence-electron chi connectivity index (χ1n) is 6.93. The maximum absolute atomic E-state index is 11.5. The monoisotopic (exact) mass is 255 g/mol. The van der Waals surface area contributed by atoms with Gasteiger partial charge in [-0.2, -0.15) is 0 Å². The van der Waals surface area contributed by atoms with Gasteiger partial charge in [-0.05, 0) is 33.6 Å². The second-order valence-corrected chi connectivity index (χ2v) is 6.27. The van der Waals surface area contributed by atoms with Crippen LogP contribution in [0.4, 0.5) is 4.79 Å². The molecule has 2 fully saturated rings. The molecule has 0 radical (unpaired) electrons. The van der Waals surface area contributed by atoms with Gasteiger partial charge in [0.1, 0.15) is 5.60 Å². The molecule has 1 aliphatic heterocycles. The average molecular weight is 255 g/mol. The van der Waals surface area contributed by atoms with Crippen LogP contribution >= 0.6 is 0 Å². The Bertz CT molecular complexity index is 287. The molecule has 0 spiro atoms. The van der Waals surface area contributed by atoms with Crippen LogP contribution in [0.25, 0.3) is 0 Å². The number of alkyl carbamates (subject to hydrolysis) is 1. The van der Waals surface area contributed by atoms with Gasteiger partial charge in [-0.15, -0.1) is 0 Å². The Kier molecular flexibility index (Phi) is 4.12. The lowest BCUT2D eigenvalue weighted by Gasteiger charge is -2.23. The second-order valence-electron chi connectivity index (χ2n) is 6.27. The van der Waals surface area contributed by atoms with E-state index in [1.807, 2.05) is 20.8 Å². The summed E-state index contributed by atoms with van der Waals surface area (Å²) < 4.78 is 5.21. The topological polar surface area (TPSA) is 62.4 Å². The molecule has 1 amide bonds. The van der Waals surface area contributed by atoms with Gasteiger partial charge in [-0.3, -0.25) is 10.6 Å². The minimum Gasteiger partial charge on any atom is -0.444 e. The van der Waals surface area contributed by atoms with Crippen molar-refractivity contribution < 1.29 is 9.53 Å². The number of rotatable bonds is 2. The quantitative estimate of drug-likeness (QED) is 0.697. The fourth-order valence-electron chi connectivity index (χ4n) is 2.71. The van der Waals surface area contributed by atoms with Gasteiger partial charge in [-0.1, -0.05) is 12.8 Å². The van der Waals surface area contributed by atoms with Gasteiger partial charge in [0, 0.05) is 18.6 Å². The average Bonchev–Trinajstić information content (AvgIpc) is 2.66. The van der Waals surface area contributed by atoms with Crippen molar-refractivity contribution in [3.63, 3.8) is 0 Å². The molecule has 2 unspecified atom stereocenters. The Balaban J connectivity index is 1.70. The summed E-state index contributed by atoms with van der Waals surface area (Å²) in [6.45, 7) is 6.18. The molecule has 5 heteroatoms. The minimum atomic E-state index is -0.436. The van der Waals surface area contributed by atoms with Crippen LogP contribution in [-0.2, 0) is 4.74 Å². The van der Waals surface area contributed by atoms with E-state index in [1.165, 1.54) is 25.7 Å².